The van der Waals surface area contributed by atoms with Crippen LogP contribution in [0.1, 0.15) is 5.56 Å². The Morgan fingerprint density at radius 2 is 2.27 bits per heavy atom. The van der Waals surface area contributed by atoms with E-state index in [2.05, 4.69) is 0 Å². The molecule has 0 spiro atoms. The number of benzene rings is 1. The summed E-state index contributed by atoms with van der Waals surface area (Å²) in [5, 5.41) is 8.57. The van der Waals surface area contributed by atoms with Crippen LogP contribution in [0.15, 0.2) is 18.2 Å². The molecule has 1 rings (SSSR count). The predicted octanol–water partition coefficient (Wildman–Crippen LogP) is 2.02. The van der Waals surface area contributed by atoms with Crippen molar-refractivity contribution in [3.63, 3.8) is 0 Å². The Morgan fingerprint density at radius 3 is 2.82 bits per heavy atom. The van der Waals surface area contributed by atoms with E-state index >= 15 is 0 Å². The zero-order valence-corrected chi connectivity index (χ0v) is 6.48. The summed E-state index contributed by atoms with van der Waals surface area (Å²) >= 11 is 5.43. The highest BCUT2D eigenvalue weighted by atomic mass is 35.5. The van der Waals surface area contributed by atoms with Crippen LogP contribution in [-0.4, -0.2) is 11.7 Å². The normalized spacial score (nSPS) is 10.1. The van der Waals surface area contributed by atoms with Crippen LogP contribution in [0.2, 0.25) is 5.02 Å². The second kappa shape index (κ2) is 3.69. The van der Waals surface area contributed by atoms with Gasteiger partial charge in [0.1, 0.15) is 5.82 Å². The highest BCUT2D eigenvalue weighted by molar-refractivity contribution is 6.30. The molecule has 0 heterocycles. The van der Waals surface area contributed by atoms with Crippen molar-refractivity contribution in [3.05, 3.63) is 41.0 Å². The van der Waals surface area contributed by atoms with E-state index in [-0.39, 0.29) is 11.6 Å². The first-order chi connectivity index (χ1) is 5.24. The van der Waals surface area contributed by atoms with Gasteiger partial charge in [-0.15, -0.1) is 0 Å². The predicted molar refractivity (Wildman–Crippen MR) is 41.9 cm³/mol. The van der Waals surface area contributed by atoms with E-state index in [9.17, 15) is 4.39 Å². The van der Waals surface area contributed by atoms with Crippen molar-refractivity contribution in [1.82, 2.24) is 0 Å². The monoisotopic (exact) mass is 173 g/mol. The van der Waals surface area contributed by atoms with Gasteiger partial charge in [0.05, 0.1) is 11.6 Å². The van der Waals surface area contributed by atoms with Gasteiger partial charge in [-0.1, -0.05) is 17.7 Å². The van der Waals surface area contributed by atoms with Crippen LogP contribution < -0.4 is 0 Å². The second-order valence-electron chi connectivity index (χ2n) is 2.06. The van der Waals surface area contributed by atoms with Gasteiger partial charge in [0.2, 0.25) is 0 Å². The molecule has 0 fully saturated rings. The maximum atomic E-state index is 12.7. The fourth-order valence-electron chi connectivity index (χ4n) is 0.745. The summed E-state index contributed by atoms with van der Waals surface area (Å²) in [7, 11) is 0. The molecule has 0 aliphatic carbocycles. The van der Waals surface area contributed by atoms with Gasteiger partial charge in [-0.3, -0.25) is 0 Å². The summed E-state index contributed by atoms with van der Waals surface area (Å²) in [5.41, 5.74) is 0.634. The molecule has 1 nitrogen and oxygen atoms in total. The maximum absolute atomic E-state index is 12.7. The quantitative estimate of drug-likeness (QED) is 0.726. The minimum absolute atomic E-state index is 0.0962. The number of hydrogen-bond donors (Lipinski definition) is 1. The molecule has 0 saturated carbocycles. The van der Waals surface area contributed by atoms with E-state index in [4.69, 9.17) is 16.7 Å². The van der Waals surface area contributed by atoms with Gasteiger partial charge in [-0.2, -0.15) is 0 Å². The van der Waals surface area contributed by atoms with Crippen molar-refractivity contribution in [2.45, 2.75) is 0 Å². The van der Waals surface area contributed by atoms with E-state index < -0.39 is 5.82 Å². The van der Waals surface area contributed by atoms with E-state index in [1.807, 2.05) is 0 Å². The van der Waals surface area contributed by atoms with Crippen molar-refractivity contribution in [2.75, 3.05) is 6.61 Å². The van der Waals surface area contributed by atoms with Gasteiger partial charge in [0.25, 0.3) is 0 Å². The Hall–Kier alpha value is -0.600. The Balaban J connectivity index is 2.86. The molecule has 0 aromatic heterocycles. The molecule has 1 radical (unpaired) electrons. The highest BCUT2D eigenvalue weighted by Crippen LogP contribution is 2.15. The lowest BCUT2D eigenvalue weighted by Crippen LogP contribution is -1.88. The van der Waals surface area contributed by atoms with Crippen molar-refractivity contribution in [3.8, 4) is 0 Å². The average molecular weight is 174 g/mol. The number of rotatable bonds is 2. The first-order valence-electron chi connectivity index (χ1n) is 3.13. The van der Waals surface area contributed by atoms with Crippen molar-refractivity contribution in [2.24, 2.45) is 0 Å². The molecule has 59 valence electrons. The number of halogens is 2. The molecule has 0 aliphatic rings. The molecule has 1 aromatic carbocycles. The van der Waals surface area contributed by atoms with Crippen LogP contribution in [0.4, 0.5) is 4.39 Å². The molecular formula is C8H7ClFO. The summed E-state index contributed by atoms with van der Waals surface area (Å²) in [6, 6.07) is 4.37. The lowest BCUT2D eigenvalue weighted by molar-refractivity contribution is 0.331. The minimum atomic E-state index is -0.464. The minimum Gasteiger partial charge on any atom is -0.396 e. The molecule has 0 amide bonds. The fraction of sp³-hybridized carbons (Fsp3) is 0.125. The van der Waals surface area contributed by atoms with Gasteiger partial charge in [-0.25, -0.2) is 4.39 Å². The smallest absolute Gasteiger partial charge is 0.142 e. The van der Waals surface area contributed by atoms with Crippen LogP contribution in [0.25, 0.3) is 0 Å². The first kappa shape index (κ1) is 8.50. The van der Waals surface area contributed by atoms with Crippen LogP contribution in [0.3, 0.4) is 0 Å². The molecule has 3 heteroatoms. The van der Waals surface area contributed by atoms with Crippen molar-refractivity contribution in [1.29, 1.82) is 0 Å². The summed E-state index contributed by atoms with van der Waals surface area (Å²) in [6.45, 7) is -0.0962. The van der Waals surface area contributed by atoms with Crippen LogP contribution in [0, 0.1) is 12.2 Å². The first-order valence-corrected chi connectivity index (χ1v) is 3.51. The van der Waals surface area contributed by atoms with Crippen LogP contribution in [0.5, 0.6) is 0 Å². The fourth-order valence-corrected chi connectivity index (χ4v) is 0.862. The average Bonchev–Trinajstić information content (AvgIpc) is 1.98. The van der Waals surface area contributed by atoms with Crippen LogP contribution >= 0.6 is 11.6 Å². The topological polar surface area (TPSA) is 20.2 Å². The summed E-state index contributed by atoms with van der Waals surface area (Å²) in [4.78, 5) is 0. The summed E-state index contributed by atoms with van der Waals surface area (Å²) < 4.78 is 12.7. The zero-order valence-electron chi connectivity index (χ0n) is 5.72. The highest BCUT2D eigenvalue weighted by Gasteiger charge is 1.99. The van der Waals surface area contributed by atoms with Gasteiger partial charge in [-0.05, 0) is 17.7 Å². The standard InChI is InChI=1S/C8H7ClFO/c9-7-2-1-6(3-4-11)5-8(7)10/h1-3,5,11H,4H2. The third-order valence-corrected chi connectivity index (χ3v) is 1.58. The molecule has 11 heavy (non-hydrogen) atoms. The maximum Gasteiger partial charge on any atom is 0.142 e. The summed E-state index contributed by atoms with van der Waals surface area (Å²) in [6.07, 6.45) is 1.50. The van der Waals surface area contributed by atoms with E-state index in [0.29, 0.717) is 5.56 Å². The zero-order chi connectivity index (χ0) is 8.27. The number of aliphatic hydroxyl groups is 1. The SMILES string of the molecule is OC[CH]c1ccc(Cl)c(F)c1. The van der Waals surface area contributed by atoms with E-state index in [1.165, 1.54) is 18.6 Å². The van der Waals surface area contributed by atoms with Gasteiger partial charge < -0.3 is 5.11 Å². The van der Waals surface area contributed by atoms with Crippen LogP contribution in [-0.2, 0) is 0 Å². The Morgan fingerprint density at radius 1 is 1.55 bits per heavy atom. The third-order valence-electron chi connectivity index (χ3n) is 1.27. The van der Waals surface area contributed by atoms with Crippen molar-refractivity contribution < 1.29 is 9.50 Å². The number of aliphatic hydroxyl groups excluding tert-OH is 1. The van der Waals surface area contributed by atoms with Crippen molar-refractivity contribution >= 4 is 11.6 Å². The Bertz CT molecular complexity index is 250. The number of hydrogen-bond acceptors (Lipinski definition) is 1. The Labute approximate surface area is 69.4 Å². The lowest BCUT2D eigenvalue weighted by atomic mass is 10.2. The van der Waals surface area contributed by atoms with Gasteiger partial charge in [0.15, 0.2) is 0 Å². The molecule has 0 atom stereocenters. The molecule has 0 bridgehead atoms. The molecule has 0 aliphatic heterocycles. The molecular weight excluding hydrogens is 167 g/mol. The second-order valence-corrected chi connectivity index (χ2v) is 2.47. The Kier molecular flexibility index (Phi) is 2.85. The molecule has 1 N–H and O–H groups in total. The lowest BCUT2D eigenvalue weighted by Gasteiger charge is -1.98. The largest absolute Gasteiger partial charge is 0.396 e. The van der Waals surface area contributed by atoms with E-state index in [0.717, 1.165) is 0 Å². The molecule has 1 aromatic rings. The van der Waals surface area contributed by atoms with E-state index in [1.54, 1.807) is 6.07 Å². The molecule has 0 unspecified atom stereocenters. The van der Waals surface area contributed by atoms with Gasteiger partial charge in [0, 0.05) is 6.42 Å². The van der Waals surface area contributed by atoms with Gasteiger partial charge >= 0.3 is 0 Å². The molecule has 0 saturated heterocycles. The third kappa shape index (κ3) is 2.17. The summed E-state index contributed by atoms with van der Waals surface area (Å²) in [5.74, 6) is -0.464.